The molecule has 1 N–H and O–H groups in total. The summed E-state index contributed by atoms with van der Waals surface area (Å²) in [6.45, 7) is 7.04. The van der Waals surface area contributed by atoms with Crippen molar-refractivity contribution >= 4 is 33.6 Å². The topological polar surface area (TPSA) is 115 Å². The van der Waals surface area contributed by atoms with Gasteiger partial charge in [-0.3, -0.25) is 14.8 Å². The molecule has 0 atom stereocenters. The predicted octanol–water partition coefficient (Wildman–Crippen LogP) is 4.79. The standard InChI is InChI=1S/C21H21N3O5S/c1-13-6-9-18(11-15(13)3)23-30(27,28)20-12-17(7-5-14(20)2)8-10-19-21(24(25)26)16(4)22-29-19/h5-12,23H,1-4H3. The maximum atomic E-state index is 12.9. The van der Waals surface area contributed by atoms with Crippen LogP contribution in [0.5, 0.6) is 0 Å². The minimum atomic E-state index is -3.82. The molecule has 0 spiro atoms. The summed E-state index contributed by atoms with van der Waals surface area (Å²) in [5.41, 5.74) is 3.60. The first-order valence-corrected chi connectivity index (χ1v) is 10.6. The van der Waals surface area contributed by atoms with Crippen molar-refractivity contribution in [1.29, 1.82) is 0 Å². The van der Waals surface area contributed by atoms with E-state index in [9.17, 15) is 18.5 Å². The summed E-state index contributed by atoms with van der Waals surface area (Å²) in [5.74, 6) is -0.00395. The highest BCUT2D eigenvalue weighted by atomic mass is 32.2. The Kier molecular flexibility index (Phi) is 5.75. The molecule has 8 nitrogen and oxygen atoms in total. The fourth-order valence-electron chi connectivity index (χ4n) is 2.91. The van der Waals surface area contributed by atoms with E-state index in [1.165, 1.54) is 19.1 Å². The maximum Gasteiger partial charge on any atom is 0.338 e. The Labute approximate surface area is 174 Å². The zero-order valence-electron chi connectivity index (χ0n) is 17.0. The fraction of sp³-hybridized carbons (Fsp3) is 0.190. The van der Waals surface area contributed by atoms with Gasteiger partial charge in [0, 0.05) is 5.69 Å². The summed E-state index contributed by atoms with van der Waals surface area (Å²) in [4.78, 5) is 10.7. The summed E-state index contributed by atoms with van der Waals surface area (Å²) in [7, 11) is -3.82. The van der Waals surface area contributed by atoms with E-state index in [2.05, 4.69) is 9.88 Å². The molecule has 0 aliphatic heterocycles. The van der Waals surface area contributed by atoms with Crippen LogP contribution in [0.4, 0.5) is 11.4 Å². The van der Waals surface area contributed by atoms with E-state index in [4.69, 9.17) is 4.52 Å². The van der Waals surface area contributed by atoms with Crippen LogP contribution in [0.2, 0.25) is 0 Å². The number of nitro groups is 1. The van der Waals surface area contributed by atoms with Crippen molar-refractivity contribution < 1.29 is 17.9 Å². The van der Waals surface area contributed by atoms with Crippen LogP contribution in [-0.4, -0.2) is 18.5 Å². The van der Waals surface area contributed by atoms with E-state index in [-0.39, 0.29) is 22.0 Å². The normalized spacial score (nSPS) is 11.7. The van der Waals surface area contributed by atoms with Gasteiger partial charge < -0.3 is 4.52 Å². The first-order chi connectivity index (χ1) is 14.1. The number of rotatable bonds is 6. The number of sulfonamides is 1. The Morgan fingerprint density at radius 3 is 2.37 bits per heavy atom. The quantitative estimate of drug-likeness (QED) is 0.447. The zero-order chi connectivity index (χ0) is 22.1. The van der Waals surface area contributed by atoms with Crippen LogP contribution in [0.3, 0.4) is 0 Å². The number of nitrogens with zero attached hydrogens (tertiary/aromatic N) is 2. The van der Waals surface area contributed by atoms with Crippen LogP contribution in [0.25, 0.3) is 12.2 Å². The van der Waals surface area contributed by atoms with Crippen molar-refractivity contribution in [3.05, 3.63) is 80.2 Å². The summed E-state index contributed by atoms with van der Waals surface area (Å²) >= 11 is 0. The van der Waals surface area contributed by atoms with Gasteiger partial charge in [0.2, 0.25) is 5.76 Å². The molecule has 0 unspecified atom stereocenters. The van der Waals surface area contributed by atoms with Gasteiger partial charge in [-0.2, -0.15) is 0 Å². The molecule has 156 valence electrons. The lowest BCUT2D eigenvalue weighted by atomic mass is 10.1. The monoisotopic (exact) mass is 427 g/mol. The molecule has 1 aromatic heterocycles. The number of aryl methyl sites for hydroxylation is 4. The Morgan fingerprint density at radius 2 is 1.70 bits per heavy atom. The highest BCUT2D eigenvalue weighted by Gasteiger charge is 2.22. The lowest BCUT2D eigenvalue weighted by Gasteiger charge is -2.12. The summed E-state index contributed by atoms with van der Waals surface area (Å²) in [6.07, 6.45) is 2.94. The van der Waals surface area contributed by atoms with E-state index >= 15 is 0 Å². The summed E-state index contributed by atoms with van der Waals surface area (Å²) in [5, 5.41) is 14.8. The molecule has 9 heteroatoms. The van der Waals surface area contributed by atoms with Gasteiger partial charge in [0.1, 0.15) is 0 Å². The number of nitrogens with one attached hydrogen (secondary N) is 1. The van der Waals surface area contributed by atoms with Crippen LogP contribution in [0.1, 0.15) is 33.7 Å². The van der Waals surface area contributed by atoms with E-state index in [1.54, 1.807) is 37.3 Å². The highest BCUT2D eigenvalue weighted by molar-refractivity contribution is 7.92. The zero-order valence-corrected chi connectivity index (χ0v) is 17.8. The van der Waals surface area contributed by atoms with Crippen LogP contribution >= 0.6 is 0 Å². The smallest absolute Gasteiger partial charge is 0.338 e. The third-order valence-corrected chi connectivity index (χ3v) is 6.25. The first kappa shape index (κ1) is 21.3. The van der Waals surface area contributed by atoms with E-state index in [0.717, 1.165) is 11.1 Å². The Morgan fingerprint density at radius 1 is 1.00 bits per heavy atom. The van der Waals surface area contributed by atoms with E-state index < -0.39 is 14.9 Å². The van der Waals surface area contributed by atoms with Crippen molar-refractivity contribution in [1.82, 2.24) is 5.16 Å². The van der Waals surface area contributed by atoms with Crippen molar-refractivity contribution in [3.63, 3.8) is 0 Å². The maximum absolute atomic E-state index is 12.9. The molecule has 2 aromatic carbocycles. The lowest BCUT2D eigenvalue weighted by Crippen LogP contribution is -2.14. The fourth-order valence-corrected chi connectivity index (χ4v) is 4.24. The average Bonchev–Trinajstić information content (AvgIpc) is 3.04. The molecule has 1 heterocycles. The number of hydrogen-bond acceptors (Lipinski definition) is 6. The number of benzene rings is 2. The molecule has 30 heavy (non-hydrogen) atoms. The van der Waals surface area contributed by atoms with Crippen LogP contribution in [-0.2, 0) is 10.0 Å². The van der Waals surface area contributed by atoms with E-state index in [0.29, 0.717) is 16.8 Å². The van der Waals surface area contributed by atoms with Gasteiger partial charge in [-0.15, -0.1) is 0 Å². The van der Waals surface area contributed by atoms with Gasteiger partial charge in [0.05, 0.1) is 9.82 Å². The molecule has 0 amide bonds. The van der Waals surface area contributed by atoms with Crippen molar-refractivity contribution in [2.45, 2.75) is 32.6 Å². The molecule has 0 bridgehead atoms. The van der Waals surface area contributed by atoms with Crippen molar-refractivity contribution in [3.8, 4) is 0 Å². The van der Waals surface area contributed by atoms with Gasteiger partial charge in [0.25, 0.3) is 10.0 Å². The minimum Gasteiger partial charge on any atom is -0.349 e. The van der Waals surface area contributed by atoms with Gasteiger partial charge in [0.15, 0.2) is 5.69 Å². The van der Waals surface area contributed by atoms with Gasteiger partial charge in [-0.05, 0) is 74.2 Å². The number of anilines is 1. The largest absolute Gasteiger partial charge is 0.349 e. The van der Waals surface area contributed by atoms with Crippen molar-refractivity contribution in [2.24, 2.45) is 0 Å². The van der Waals surface area contributed by atoms with Crippen LogP contribution in [0, 0.1) is 37.8 Å². The molecule has 0 fully saturated rings. The second-order valence-electron chi connectivity index (χ2n) is 7.00. The van der Waals surface area contributed by atoms with Crippen LogP contribution < -0.4 is 4.72 Å². The second kappa shape index (κ2) is 8.11. The number of aromatic nitrogens is 1. The molecule has 3 aromatic rings. The molecule has 0 saturated heterocycles. The molecule has 0 aliphatic carbocycles. The molecule has 0 saturated carbocycles. The molecular formula is C21H21N3O5S. The lowest BCUT2D eigenvalue weighted by molar-refractivity contribution is -0.386. The summed E-state index contributed by atoms with van der Waals surface area (Å²) < 4.78 is 33.5. The first-order valence-electron chi connectivity index (χ1n) is 9.08. The van der Waals surface area contributed by atoms with Gasteiger partial charge in [-0.25, -0.2) is 8.42 Å². The molecular weight excluding hydrogens is 406 g/mol. The molecule has 3 rings (SSSR count). The Balaban J connectivity index is 1.93. The average molecular weight is 427 g/mol. The van der Waals surface area contributed by atoms with Crippen molar-refractivity contribution in [2.75, 3.05) is 4.72 Å². The van der Waals surface area contributed by atoms with E-state index in [1.807, 2.05) is 19.9 Å². The predicted molar refractivity (Wildman–Crippen MR) is 115 cm³/mol. The Hall–Kier alpha value is -3.46. The SMILES string of the molecule is Cc1ccc(NS(=O)(=O)c2cc(C=Cc3onc(C)c3[N+](=O)[O-])ccc2C)cc1C. The number of hydrogen-bond donors (Lipinski definition) is 1. The summed E-state index contributed by atoms with van der Waals surface area (Å²) in [6, 6.07) is 10.2. The highest BCUT2D eigenvalue weighted by Crippen LogP contribution is 2.26. The molecule has 0 aliphatic rings. The third-order valence-electron chi connectivity index (χ3n) is 4.73. The third kappa shape index (κ3) is 4.41. The second-order valence-corrected chi connectivity index (χ2v) is 8.65. The van der Waals surface area contributed by atoms with Crippen LogP contribution in [0.15, 0.2) is 45.8 Å². The molecule has 0 radical (unpaired) electrons. The van der Waals surface area contributed by atoms with Gasteiger partial charge in [-0.1, -0.05) is 29.4 Å². The van der Waals surface area contributed by atoms with Gasteiger partial charge >= 0.3 is 5.69 Å². The Bertz CT molecular complexity index is 1260. The minimum absolute atomic E-state index is 0.00395.